The molecular weight excluding hydrogens is 1460 g/mol. The molecule has 0 saturated heterocycles. The lowest BCUT2D eigenvalue weighted by molar-refractivity contribution is 0.745. The van der Waals surface area contributed by atoms with E-state index in [0.717, 1.165) is 44.9 Å². The number of benzene rings is 19. The molecule has 0 amide bonds. The third-order valence-corrected chi connectivity index (χ3v) is 24.6. The lowest BCUT2D eigenvalue weighted by Crippen LogP contribution is -2.31. The molecule has 0 radical (unpaired) electrons. The molecule has 0 aliphatic carbocycles. The molecule has 566 valence electrons. The highest BCUT2D eigenvalue weighted by molar-refractivity contribution is 6.15. The van der Waals surface area contributed by atoms with Crippen molar-refractivity contribution in [1.29, 1.82) is 5.26 Å². The van der Waals surface area contributed by atoms with Gasteiger partial charge in [0.15, 0.2) is 0 Å². The third-order valence-electron chi connectivity index (χ3n) is 24.6. The number of rotatable bonds is 14. The number of nitriles is 1. The second-order valence-corrected chi connectivity index (χ2v) is 31.4. The maximum Gasteiger partial charge on any atom is 0.0991 e. The smallest absolute Gasteiger partial charge is 0.0991 e. The fraction of sp³-hybridized carbons (Fsp3) is 0.00862. The average molecular weight is 1540 g/mol. The minimum absolute atomic E-state index is 0.530. The number of para-hydroxylation sites is 4. The molecular formula is C116H77N5. The Morgan fingerprint density at radius 1 is 0.157 bits per heavy atom. The van der Waals surface area contributed by atoms with Crippen LogP contribution in [-0.4, -0.2) is 18.3 Å². The summed E-state index contributed by atoms with van der Waals surface area (Å²) >= 11 is 0. The van der Waals surface area contributed by atoms with Crippen LogP contribution in [0.1, 0.15) is 27.8 Å². The minimum Gasteiger partial charge on any atom is -0.309 e. The summed E-state index contributed by atoms with van der Waals surface area (Å²) in [6.45, 7) is 0. The Bertz CT molecular complexity index is 7860. The Hall–Kier alpha value is -16.1. The maximum atomic E-state index is 9.49. The van der Waals surface area contributed by atoms with Crippen LogP contribution in [0.5, 0.6) is 0 Å². The summed E-state index contributed by atoms with van der Waals surface area (Å²) in [5.41, 5.74) is 33.1. The van der Waals surface area contributed by atoms with Gasteiger partial charge in [-0.1, -0.05) is 328 Å². The van der Waals surface area contributed by atoms with E-state index in [1.807, 2.05) is 18.2 Å². The first-order valence-corrected chi connectivity index (χ1v) is 41.4. The van der Waals surface area contributed by atoms with E-state index in [4.69, 9.17) is 0 Å². The molecule has 4 heterocycles. The zero-order valence-corrected chi connectivity index (χ0v) is 66.2. The van der Waals surface area contributed by atoms with Gasteiger partial charge in [-0.3, -0.25) is 0 Å². The highest BCUT2D eigenvalue weighted by Gasteiger charge is 2.38. The van der Waals surface area contributed by atoms with Crippen molar-refractivity contribution < 1.29 is 0 Å². The van der Waals surface area contributed by atoms with Gasteiger partial charge in [0.25, 0.3) is 0 Å². The quantitative estimate of drug-likeness (QED) is 0.100. The van der Waals surface area contributed by atoms with E-state index in [2.05, 4.69) is 473 Å². The van der Waals surface area contributed by atoms with E-state index in [1.54, 1.807) is 0 Å². The van der Waals surface area contributed by atoms with Crippen molar-refractivity contribution in [3.05, 3.63) is 495 Å². The van der Waals surface area contributed by atoms with E-state index in [0.29, 0.717) is 5.56 Å². The van der Waals surface area contributed by atoms with Crippen LogP contribution < -0.4 is 0 Å². The van der Waals surface area contributed by atoms with Gasteiger partial charge >= 0.3 is 0 Å². The molecule has 23 aromatic rings. The van der Waals surface area contributed by atoms with Gasteiger partial charge in [-0.15, -0.1) is 0 Å². The normalized spacial score (nSPS) is 11.6. The van der Waals surface area contributed by atoms with Crippen LogP contribution in [0.2, 0.25) is 0 Å². The van der Waals surface area contributed by atoms with Crippen molar-refractivity contribution in [2.75, 3.05) is 0 Å². The monoisotopic (exact) mass is 1540 g/mol. The molecule has 0 N–H and O–H groups in total. The van der Waals surface area contributed by atoms with Gasteiger partial charge in [-0.05, 0) is 229 Å². The van der Waals surface area contributed by atoms with Crippen LogP contribution in [0.15, 0.2) is 467 Å². The van der Waals surface area contributed by atoms with Gasteiger partial charge < -0.3 is 18.3 Å². The molecule has 0 bridgehead atoms. The largest absolute Gasteiger partial charge is 0.309 e. The molecule has 0 aliphatic heterocycles. The lowest BCUT2D eigenvalue weighted by atomic mass is 9.65. The fourth-order valence-electron chi connectivity index (χ4n) is 19.0. The highest BCUT2D eigenvalue weighted by Crippen LogP contribution is 2.48. The van der Waals surface area contributed by atoms with Crippen molar-refractivity contribution in [1.82, 2.24) is 18.3 Å². The number of hydrogen-bond acceptors (Lipinski definition) is 1. The Labute approximate surface area is 701 Å². The van der Waals surface area contributed by atoms with Crippen molar-refractivity contribution >= 4 is 87.2 Å². The Morgan fingerprint density at radius 3 is 0.694 bits per heavy atom. The molecule has 23 rings (SSSR count). The number of aromatic nitrogens is 4. The molecule has 121 heavy (non-hydrogen) atoms. The van der Waals surface area contributed by atoms with Crippen molar-refractivity contribution in [3.8, 4) is 95.6 Å². The summed E-state index contributed by atoms with van der Waals surface area (Å²) in [4.78, 5) is 0. The topological polar surface area (TPSA) is 43.5 Å². The Kier molecular flexibility index (Phi) is 17.8. The molecule has 5 nitrogen and oxygen atoms in total. The maximum absolute atomic E-state index is 9.49. The Balaban J connectivity index is 0.000000151. The van der Waals surface area contributed by atoms with E-state index in [-0.39, 0.29) is 0 Å². The van der Waals surface area contributed by atoms with E-state index in [1.165, 1.54) is 154 Å². The SMILES string of the molecule is N#Cc1cccc(-c2cccc(-n3c4ccccc4c4cc(-c5ccc6c(c5)c5ccccc5n6-c5cccc(-c6ccccc6)c5)ccc43)c2)c1.c1ccc(-c2cccc(-n3c4ccccc4c4cc(-c5ccc6c(c5)c5ccccc5n6-c5cccc(-c6cccc(C(c7ccccc7)(c7ccccc7)c7ccccc7)c6)c5)ccc43)c2)cc1. The zero-order chi connectivity index (χ0) is 80.3. The predicted molar refractivity (Wildman–Crippen MR) is 506 cm³/mol. The van der Waals surface area contributed by atoms with Crippen LogP contribution in [-0.2, 0) is 5.41 Å². The number of hydrogen-bond donors (Lipinski definition) is 0. The molecule has 19 aromatic carbocycles. The molecule has 4 aromatic heterocycles. The number of nitrogens with zero attached hydrogens (tertiary/aromatic N) is 5. The van der Waals surface area contributed by atoms with Crippen molar-refractivity contribution in [3.63, 3.8) is 0 Å². The van der Waals surface area contributed by atoms with Crippen LogP contribution in [0.3, 0.4) is 0 Å². The molecule has 5 heteroatoms. The molecule has 0 spiro atoms. The van der Waals surface area contributed by atoms with E-state index in [9.17, 15) is 5.26 Å². The van der Waals surface area contributed by atoms with Gasteiger partial charge in [-0.2, -0.15) is 5.26 Å². The minimum atomic E-state index is -0.530. The first-order chi connectivity index (χ1) is 59.9. The summed E-state index contributed by atoms with van der Waals surface area (Å²) in [5.74, 6) is 0. The third kappa shape index (κ3) is 12.5. The molecule has 0 fully saturated rings. The number of fused-ring (bicyclic) bond motifs is 12. The molecule has 0 saturated carbocycles. The van der Waals surface area contributed by atoms with Crippen LogP contribution in [0.25, 0.3) is 177 Å². The second kappa shape index (κ2) is 30.2. The van der Waals surface area contributed by atoms with Crippen molar-refractivity contribution in [2.24, 2.45) is 0 Å². The zero-order valence-electron chi connectivity index (χ0n) is 66.2. The summed E-state index contributed by atoms with van der Waals surface area (Å²) in [7, 11) is 0. The van der Waals surface area contributed by atoms with Crippen LogP contribution in [0.4, 0.5) is 0 Å². The Morgan fingerprint density at radius 2 is 0.380 bits per heavy atom. The predicted octanol–water partition coefficient (Wildman–Crippen LogP) is 30.0. The molecule has 0 aliphatic rings. The van der Waals surface area contributed by atoms with E-state index < -0.39 is 5.41 Å². The molecule has 0 unspecified atom stereocenters. The van der Waals surface area contributed by atoms with Gasteiger partial charge in [-0.25, -0.2) is 0 Å². The summed E-state index contributed by atoms with van der Waals surface area (Å²) < 4.78 is 9.59. The van der Waals surface area contributed by atoms with E-state index >= 15 is 0 Å². The molecule has 0 atom stereocenters. The lowest BCUT2D eigenvalue weighted by Gasteiger charge is -2.37. The van der Waals surface area contributed by atoms with Gasteiger partial charge in [0.2, 0.25) is 0 Å². The van der Waals surface area contributed by atoms with Crippen LogP contribution in [0, 0.1) is 11.3 Å². The van der Waals surface area contributed by atoms with Crippen LogP contribution >= 0.6 is 0 Å². The van der Waals surface area contributed by atoms with Crippen molar-refractivity contribution in [2.45, 2.75) is 5.41 Å². The summed E-state index contributed by atoms with van der Waals surface area (Å²) in [6, 6.07) is 171. The summed E-state index contributed by atoms with van der Waals surface area (Å²) in [6.07, 6.45) is 0. The second-order valence-electron chi connectivity index (χ2n) is 31.4. The fourth-order valence-corrected chi connectivity index (χ4v) is 19.0. The van der Waals surface area contributed by atoms with Gasteiger partial charge in [0.05, 0.1) is 61.2 Å². The summed E-state index contributed by atoms with van der Waals surface area (Å²) in [5, 5.41) is 19.3. The first-order valence-electron chi connectivity index (χ1n) is 41.4. The average Bonchev–Trinajstić information content (AvgIpc) is 1.72. The highest BCUT2D eigenvalue weighted by atomic mass is 15.0. The first kappa shape index (κ1) is 71.4. The van der Waals surface area contributed by atoms with Gasteiger partial charge in [0, 0.05) is 65.8 Å². The van der Waals surface area contributed by atoms with Gasteiger partial charge in [0.1, 0.15) is 0 Å². The standard InChI is InChI=1S/C67H46N2.C49H31N3/c1-5-20-47(21-6-1)49-23-18-32-57(43-49)68-63-36-15-13-34-59(63)61-45-51(38-40-65(61)68)52-39-41-66-62(46-52)60-35-14-16-37-64(60)69(66)58-33-19-24-50(44-58)48-22-17-31-56(42-48)67(53-25-7-2-8-26-53,54-27-9-3-10-28-54)55-29-11-4-12-30-55;50-32-33-11-8-14-35(27-33)37-16-10-18-41(29-37)52-47-22-7-5-20-43(47)45-31-39(24-26-49(45)52)38-23-25-48-44(30-38)42-19-4-6-21-46(42)51(48)40-17-9-15-36(28-40)34-12-2-1-3-13-34/h1-46H;1-31H.